The minimum Gasteiger partial charge on any atom is -0.302 e. The Morgan fingerprint density at radius 2 is 1.75 bits per heavy atom. The number of sulfonamides is 1. The molecule has 0 saturated carbocycles. The van der Waals surface area contributed by atoms with E-state index in [1.165, 1.54) is 11.3 Å². The smallest absolute Gasteiger partial charge is 0.243 e. The molecule has 3 aromatic rings. The molecule has 1 fully saturated rings. The summed E-state index contributed by atoms with van der Waals surface area (Å²) in [5, 5.41) is 5.22. The van der Waals surface area contributed by atoms with Gasteiger partial charge < -0.3 is 5.32 Å². The largest absolute Gasteiger partial charge is 0.302 e. The molecule has 4 rings (SSSR count). The molecule has 9 heteroatoms. The van der Waals surface area contributed by atoms with Gasteiger partial charge in [-0.05, 0) is 49.1 Å². The van der Waals surface area contributed by atoms with Crippen molar-refractivity contribution in [1.29, 1.82) is 0 Å². The van der Waals surface area contributed by atoms with Crippen molar-refractivity contribution in [2.75, 3.05) is 18.4 Å². The van der Waals surface area contributed by atoms with Crippen LogP contribution in [0.4, 0.5) is 5.13 Å². The van der Waals surface area contributed by atoms with Gasteiger partial charge in [-0.25, -0.2) is 13.4 Å². The number of nitrogens with zero attached hydrogens (tertiary/aromatic N) is 3. The van der Waals surface area contributed by atoms with Gasteiger partial charge in [0.05, 0.1) is 10.6 Å². The molecule has 1 aliphatic heterocycles. The lowest BCUT2D eigenvalue weighted by Crippen LogP contribution is -2.31. The predicted molar refractivity (Wildman–Crippen MR) is 126 cm³/mol. The highest BCUT2D eigenvalue weighted by molar-refractivity contribution is 7.89. The van der Waals surface area contributed by atoms with Crippen molar-refractivity contribution in [3.63, 3.8) is 0 Å². The van der Waals surface area contributed by atoms with Gasteiger partial charge in [-0.1, -0.05) is 31.0 Å². The summed E-state index contributed by atoms with van der Waals surface area (Å²) in [6.45, 7) is 1.17. The van der Waals surface area contributed by atoms with Crippen LogP contribution in [-0.4, -0.2) is 41.7 Å². The number of hydrogen-bond donors (Lipinski definition) is 1. The summed E-state index contributed by atoms with van der Waals surface area (Å²) in [6, 6.07) is 12.5. The second-order valence-electron chi connectivity index (χ2n) is 7.76. The van der Waals surface area contributed by atoms with E-state index in [2.05, 4.69) is 15.3 Å². The zero-order valence-electron chi connectivity index (χ0n) is 17.7. The zero-order chi connectivity index (χ0) is 22.4. The Labute approximate surface area is 192 Å². The van der Waals surface area contributed by atoms with Crippen LogP contribution in [0.5, 0.6) is 0 Å². The first-order valence-corrected chi connectivity index (χ1v) is 13.1. The van der Waals surface area contributed by atoms with Crippen LogP contribution in [0.3, 0.4) is 0 Å². The fraction of sp³-hybridized carbons (Fsp3) is 0.348. The number of rotatable bonds is 7. The van der Waals surface area contributed by atoms with Crippen molar-refractivity contribution in [2.24, 2.45) is 0 Å². The van der Waals surface area contributed by atoms with E-state index in [1.807, 2.05) is 23.6 Å². The number of carbonyl (C=O) groups excluding carboxylic acids is 1. The van der Waals surface area contributed by atoms with Crippen molar-refractivity contribution < 1.29 is 13.2 Å². The van der Waals surface area contributed by atoms with Crippen molar-refractivity contribution >= 4 is 32.4 Å². The number of aromatic nitrogens is 2. The lowest BCUT2D eigenvalue weighted by atomic mass is 10.1. The molecule has 1 amide bonds. The van der Waals surface area contributed by atoms with Crippen LogP contribution in [0.1, 0.15) is 37.7 Å². The monoisotopic (exact) mass is 470 g/mol. The van der Waals surface area contributed by atoms with E-state index in [9.17, 15) is 13.2 Å². The Hall–Kier alpha value is -2.62. The number of hydrogen-bond acceptors (Lipinski definition) is 6. The van der Waals surface area contributed by atoms with Crippen molar-refractivity contribution in [1.82, 2.24) is 14.3 Å². The highest BCUT2D eigenvalue weighted by Gasteiger charge is 2.24. The van der Waals surface area contributed by atoms with Gasteiger partial charge >= 0.3 is 0 Å². The van der Waals surface area contributed by atoms with Crippen molar-refractivity contribution in [3.05, 3.63) is 59.6 Å². The fourth-order valence-electron chi connectivity index (χ4n) is 3.66. The SMILES string of the molecule is O=C(CCc1ccc(S(=O)(=O)N2CCCCCC2)cc1)Nc1nc(-c2ccccn2)cs1. The van der Waals surface area contributed by atoms with Gasteiger partial charge in [-0.2, -0.15) is 4.31 Å². The van der Waals surface area contributed by atoms with Gasteiger partial charge in [0.25, 0.3) is 0 Å². The quantitative estimate of drug-likeness (QED) is 0.554. The number of nitrogens with one attached hydrogen (secondary N) is 1. The molecule has 3 heterocycles. The van der Waals surface area contributed by atoms with E-state index in [0.717, 1.165) is 42.6 Å². The normalized spacial score (nSPS) is 15.2. The Morgan fingerprint density at radius 1 is 1.00 bits per heavy atom. The molecule has 1 N–H and O–H groups in total. The number of thiazole rings is 1. The predicted octanol–water partition coefficient (Wildman–Crippen LogP) is 4.34. The number of aryl methyl sites for hydroxylation is 1. The maximum atomic E-state index is 12.9. The third kappa shape index (κ3) is 5.59. The molecule has 1 aliphatic rings. The van der Waals surface area contributed by atoms with Crippen LogP contribution in [0.25, 0.3) is 11.4 Å². The van der Waals surface area contributed by atoms with E-state index in [1.54, 1.807) is 34.8 Å². The molecule has 1 aromatic carbocycles. The van der Waals surface area contributed by atoms with Crippen LogP contribution >= 0.6 is 11.3 Å². The Balaban J connectivity index is 1.31. The number of pyridine rings is 1. The number of amides is 1. The highest BCUT2D eigenvalue weighted by atomic mass is 32.2. The molecule has 0 spiro atoms. The van der Waals surface area contributed by atoms with E-state index >= 15 is 0 Å². The minimum atomic E-state index is -3.45. The van der Waals surface area contributed by atoms with Gasteiger partial charge in [-0.3, -0.25) is 9.78 Å². The van der Waals surface area contributed by atoms with Gasteiger partial charge in [-0.15, -0.1) is 11.3 Å². The molecule has 2 aromatic heterocycles. The first kappa shape index (κ1) is 22.6. The molecule has 1 saturated heterocycles. The van der Waals surface area contributed by atoms with Crippen LogP contribution in [0, 0.1) is 0 Å². The fourth-order valence-corrected chi connectivity index (χ4v) is 5.90. The van der Waals surface area contributed by atoms with Crippen LogP contribution in [0.15, 0.2) is 58.9 Å². The minimum absolute atomic E-state index is 0.131. The summed E-state index contributed by atoms with van der Waals surface area (Å²) in [5.41, 5.74) is 2.41. The number of carbonyl (C=O) groups is 1. The Morgan fingerprint density at radius 3 is 2.44 bits per heavy atom. The average Bonchev–Trinajstić information content (AvgIpc) is 3.09. The Kier molecular flexibility index (Phi) is 7.29. The van der Waals surface area contributed by atoms with Gasteiger partial charge in [0.2, 0.25) is 15.9 Å². The molecule has 0 unspecified atom stereocenters. The molecular weight excluding hydrogens is 444 g/mol. The summed E-state index contributed by atoms with van der Waals surface area (Å²) >= 11 is 1.36. The molecule has 32 heavy (non-hydrogen) atoms. The number of anilines is 1. The lowest BCUT2D eigenvalue weighted by Gasteiger charge is -2.20. The lowest BCUT2D eigenvalue weighted by molar-refractivity contribution is -0.116. The summed E-state index contributed by atoms with van der Waals surface area (Å²) in [7, 11) is -3.45. The average molecular weight is 471 g/mol. The van der Waals surface area contributed by atoms with Crippen molar-refractivity contribution in [3.8, 4) is 11.4 Å². The van der Waals surface area contributed by atoms with Gasteiger partial charge in [0.15, 0.2) is 5.13 Å². The second-order valence-corrected chi connectivity index (χ2v) is 10.6. The molecule has 7 nitrogen and oxygen atoms in total. The molecule has 0 aliphatic carbocycles. The van der Waals surface area contributed by atoms with Gasteiger partial charge in [0, 0.05) is 31.1 Å². The standard InChI is InChI=1S/C23H26N4O3S2/c28-22(26-23-25-21(17-31-23)20-7-3-4-14-24-20)13-10-18-8-11-19(12-9-18)32(29,30)27-15-5-1-2-6-16-27/h3-4,7-9,11-12,14,17H,1-2,5-6,10,13,15-16H2,(H,25,26,28). The summed E-state index contributed by atoms with van der Waals surface area (Å²) in [4.78, 5) is 21.3. The highest BCUT2D eigenvalue weighted by Crippen LogP contribution is 2.24. The zero-order valence-corrected chi connectivity index (χ0v) is 19.4. The molecule has 168 valence electrons. The topological polar surface area (TPSA) is 92.3 Å². The second kappa shape index (κ2) is 10.3. The third-order valence-electron chi connectivity index (χ3n) is 5.44. The maximum Gasteiger partial charge on any atom is 0.243 e. The van der Waals surface area contributed by atoms with E-state index in [0.29, 0.717) is 29.5 Å². The first-order valence-electron chi connectivity index (χ1n) is 10.8. The van der Waals surface area contributed by atoms with E-state index in [-0.39, 0.29) is 12.3 Å². The third-order valence-corrected chi connectivity index (χ3v) is 8.12. The van der Waals surface area contributed by atoms with E-state index in [4.69, 9.17) is 0 Å². The first-order chi connectivity index (χ1) is 15.5. The summed E-state index contributed by atoms with van der Waals surface area (Å²) in [6.07, 6.45) is 6.50. The summed E-state index contributed by atoms with van der Waals surface area (Å²) < 4.78 is 27.3. The van der Waals surface area contributed by atoms with Crippen LogP contribution in [-0.2, 0) is 21.2 Å². The molecule has 0 atom stereocenters. The Bertz CT molecular complexity index is 1140. The van der Waals surface area contributed by atoms with E-state index < -0.39 is 10.0 Å². The van der Waals surface area contributed by atoms with Crippen molar-refractivity contribution in [2.45, 2.75) is 43.4 Å². The molecular formula is C23H26N4O3S2. The molecule has 0 radical (unpaired) electrons. The summed E-state index contributed by atoms with van der Waals surface area (Å²) in [5.74, 6) is -0.131. The van der Waals surface area contributed by atoms with Crippen LogP contribution < -0.4 is 5.32 Å². The molecule has 0 bridgehead atoms. The van der Waals surface area contributed by atoms with Gasteiger partial charge in [0.1, 0.15) is 5.69 Å². The maximum absolute atomic E-state index is 12.9. The number of benzene rings is 1. The van der Waals surface area contributed by atoms with Crippen LogP contribution in [0.2, 0.25) is 0 Å².